The lowest BCUT2D eigenvalue weighted by Gasteiger charge is -2.07. The molecule has 21 heavy (non-hydrogen) atoms. The first-order chi connectivity index (χ1) is 10.1. The predicted molar refractivity (Wildman–Crippen MR) is 85.2 cm³/mol. The van der Waals surface area contributed by atoms with Crippen LogP contribution in [0.2, 0.25) is 0 Å². The molecule has 4 nitrogen and oxygen atoms in total. The zero-order chi connectivity index (χ0) is 15.4. The highest BCUT2D eigenvalue weighted by Crippen LogP contribution is 2.40. The Morgan fingerprint density at radius 3 is 2.52 bits per heavy atom. The standard InChI is InChI=1S/C15H14ClNO3S/c1-9-12(10-6-4-3-5-7-10)13(15(19)20-2)14(21-9)17-11(18)8-16/h3-7H,8H2,1-2H3,(H,17,18). The number of benzene rings is 1. The minimum atomic E-state index is -0.483. The average Bonchev–Trinajstić information content (AvgIpc) is 2.83. The fourth-order valence-corrected chi connectivity index (χ4v) is 3.19. The molecule has 1 aromatic heterocycles. The van der Waals surface area contributed by atoms with Crippen LogP contribution in [0.15, 0.2) is 30.3 Å². The Hall–Kier alpha value is -1.85. The SMILES string of the molecule is COC(=O)c1c(NC(=O)CCl)sc(C)c1-c1ccccc1. The van der Waals surface area contributed by atoms with E-state index in [2.05, 4.69) is 5.32 Å². The number of carbonyl (C=O) groups excluding carboxylic acids is 2. The monoisotopic (exact) mass is 323 g/mol. The lowest BCUT2D eigenvalue weighted by molar-refractivity contribution is -0.113. The summed E-state index contributed by atoms with van der Waals surface area (Å²) in [6.07, 6.45) is 0. The number of carbonyl (C=O) groups is 2. The van der Waals surface area contributed by atoms with Crippen LogP contribution in [0.25, 0.3) is 11.1 Å². The molecule has 0 radical (unpaired) electrons. The van der Waals surface area contributed by atoms with Crippen molar-refractivity contribution in [1.29, 1.82) is 0 Å². The lowest BCUT2D eigenvalue weighted by Crippen LogP contribution is -2.14. The number of esters is 1. The molecular weight excluding hydrogens is 310 g/mol. The molecule has 0 bridgehead atoms. The van der Waals surface area contributed by atoms with Crippen LogP contribution >= 0.6 is 22.9 Å². The van der Waals surface area contributed by atoms with E-state index in [-0.39, 0.29) is 11.8 Å². The number of halogens is 1. The number of methoxy groups -OCH3 is 1. The van der Waals surface area contributed by atoms with E-state index in [1.54, 1.807) is 0 Å². The molecular formula is C15H14ClNO3S. The number of hydrogen-bond acceptors (Lipinski definition) is 4. The van der Waals surface area contributed by atoms with Crippen molar-refractivity contribution in [2.24, 2.45) is 0 Å². The molecule has 6 heteroatoms. The molecule has 0 aliphatic carbocycles. The zero-order valence-electron chi connectivity index (χ0n) is 11.6. The molecule has 0 saturated carbocycles. The first-order valence-electron chi connectivity index (χ1n) is 6.21. The van der Waals surface area contributed by atoms with Crippen LogP contribution < -0.4 is 5.32 Å². The number of alkyl halides is 1. The van der Waals surface area contributed by atoms with E-state index >= 15 is 0 Å². The Bertz CT molecular complexity index is 667. The first kappa shape index (κ1) is 15.5. The highest BCUT2D eigenvalue weighted by Gasteiger charge is 2.24. The Morgan fingerprint density at radius 1 is 1.29 bits per heavy atom. The second-order valence-electron chi connectivity index (χ2n) is 4.28. The van der Waals surface area contributed by atoms with Gasteiger partial charge in [-0.05, 0) is 12.5 Å². The van der Waals surface area contributed by atoms with Gasteiger partial charge in [0.1, 0.15) is 16.4 Å². The Labute approximate surface area is 131 Å². The van der Waals surface area contributed by atoms with Crippen molar-refractivity contribution in [3.63, 3.8) is 0 Å². The van der Waals surface area contributed by atoms with Crippen LogP contribution in [0.5, 0.6) is 0 Å². The summed E-state index contributed by atoms with van der Waals surface area (Å²) in [4.78, 5) is 24.5. The highest BCUT2D eigenvalue weighted by molar-refractivity contribution is 7.17. The molecule has 0 atom stereocenters. The van der Waals surface area contributed by atoms with Crippen LogP contribution in [-0.2, 0) is 9.53 Å². The third kappa shape index (κ3) is 3.25. The third-order valence-corrected chi connectivity index (χ3v) is 4.17. The second-order valence-corrected chi connectivity index (χ2v) is 5.77. The number of aryl methyl sites for hydroxylation is 1. The normalized spacial score (nSPS) is 10.2. The van der Waals surface area contributed by atoms with E-state index in [9.17, 15) is 9.59 Å². The number of anilines is 1. The predicted octanol–water partition coefficient (Wildman–Crippen LogP) is 3.69. The van der Waals surface area contributed by atoms with E-state index in [1.807, 2.05) is 37.3 Å². The summed E-state index contributed by atoms with van der Waals surface area (Å²) < 4.78 is 4.85. The summed E-state index contributed by atoms with van der Waals surface area (Å²) in [5, 5.41) is 3.12. The molecule has 0 unspecified atom stereocenters. The molecule has 0 aliphatic heterocycles. The van der Waals surface area contributed by atoms with Gasteiger partial charge < -0.3 is 10.1 Å². The molecule has 0 fully saturated rings. The lowest BCUT2D eigenvalue weighted by atomic mass is 10.0. The van der Waals surface area contributed by atoms with Crippen LogP contribution in [0.1, 0.15) is 15.2 Å². The zero-order valence-corrected chi connectivity index (χ0v) is 13.2. The van der Waals surface area contributed by atoms with Crippen molar-refractivity contribution in [3.8, 4) is 11.1 Å². The van der Waals surface area contributed by atoms with Gasteiger partial charge in [0.25, 0.3) is 0 Å². The van der Waals surface area contributed by atoms with Gasteiger partial charge in [0.2, 0.25) is 5.91 Å². The summed E-state index contributed by atoms with van der Waals surface area (Å²) in [7, 11) is 1.32. The van der Waals surface area contributed by atoms with Gasteiger partial charge in [0, 0.05) is 10.4 Å². The van der Waals surface area contributed by atoms with Crippen molar-refractivity contribution in [2.75, 3.05) is 18.3 Å². The van der Waals surface area contributed by atoms with Gasteiger partial charge in [-0.15, -0.1) is 22.9 Å². The molecule has 2 aromatic rings. The van der Waals surface area contributed by atoms with Crippen molar-refractivity contribution in [1.82, 2.24) is 0 Å². The van der Waals surface area contributed by atoms with Crippen molar-refractivity contribution >= 4 is 39.8 Å². The number of hydrogen-bond donors (Lipinski definition) is 1. The minimum Gasteiger partial charge on any atom is -0.465 e. The number of thiophene rings is 1. The van der Waals surface area contributed by atoms with Crippen molar-refractivity contribution in [2.45, 2.75) is 6.92 Å². The average molecular weight is 324 g/mol. The molecule has 0 spiro atoms. The maximum Gasteiger partial charge on any atom is 0.341 e. The van der Waals surface area contributed by atoms with E-state index in [0.717, 1.165) is 16.0 Å². The summed E-state index contributed by atoms with van der Waals surface area (Å²) in [5.41, 5.74) is 2.04. The summed E-state index contributed by atoms with van der Waals surface area (Å²) in [5.74, 6) is -1.01. The molecule has 1 N–H and O–H groups in total. The topological polar surface area (TPSA) is 55.4 Å². The summed E-state index contributed by atoms with van der Waals surface area (Å²) >= 11 is 6.84. The van der Waals surface area contributed by atoms with Crippen molar-refractivity contribution < 1.29 is 14.3 Å². The molecule has 110 valence electrons. The van der Waals surface area contributed by atoms with Gasteiger partial charge in [0.05, 0.1) is 7.11 Å². The first-order valence-corrected chi connectivity index (χ1v) is 7.56. The van der Waals surface area contributed by atoms with Crippen LogP contribution in [-0.4, -0.2) is 24.9 Å². The maximum atomic E-state index is 12.1. The van der Waals surface area contributed by atoms with Gasteiger partial charge in [-0.2, -0.15) is 0 Å². The molecule has 1 amide bonds. The fraction of sp³-hybridized carbons (Fsp3) is 0.200. The minimum absolute atomic E-state index is 0.168. The Morgan fingerprint density at radius 2 is 1.95 bits per heavy atom. The van der Waals surface area contributed by atoms with Crippen LogP contribution in [0, 0.1) is 6.92 Å². The van der Waals surface area contributed by atoms with Crippen LogP contribution in [0.4, 0.5) is 5.00 Å². The second kappa shape index (κ2) is 6.74. The number of amides is 1. The smallest absolute Gasteiger partial charge is 0.341 e. The number of nitrogens with one attached hydrogen (secondary N) is 1. The molecule has 2 rings (SSSR count). The summed E-state index contributed by atoms with van der Waals surface area (Å²) in [6, 6.07) is 9.51. The van der Waals surface area contributed by atoms with E-state index in [1.165, 1.54) is 18.4 Å². The van der Waals surface area contributed by atoms with E-state index in [4.69, 9.17) is 16.3 Å². The van der Waals surface area contributed by atoms with Gasteiger partial charge in [-0.1, -0.05) is 30.3 Å². The third-order valence-electron chi connectivity index (χ3n) is 2.91. The highest BCUT2D eigenvalue weighted by atomic mass is 35.5. The maximum absolute atomic E-state index is 12.1. The quantitative estimate of drug-likeness (QED) is 0.689. The van der Waals surface area contributed by atoms with E-state index < -0.39 is 5.97 Å². The summed E-state index contributed by atoms with van der Waals surface area (Å²) in [6.45, 7) is 1.90. The molecule has 0 saturated heterocycles. The van der Waals surface area contributed by atoms with Crippen LogP contribution in [0.3, 0.4) is 0 Å². The van der Waals surface area contributed by atoms with Gasteiger partial charge in [0.15, 0.2) is 0 Å². The van der Waals surface area contributed by atoms with Gasteiger partial charge >= 0.3 is 5.97 Å². The number of ether oxygens (including phenoxy) is 1. The van der Waals surface area contributed by atoms with E-state index in [0.29, 0.717) is 10.6 Å². The fourth-order valence-electron chi connectivity index (χ4n) is 2.04. The Balaban J connectivity index is 2.59. The molecule has 0 aliphatic rings. The molecule has 1 aromatic carbocycles. The Kier molecular flexibility index (Phi) is 4.98. The largest absolute Gasteiger partial charge is 0.465 e. The van der Waals surface area contributed by atoms with Crippen molar-refractivity contribution in [3.05, 3.63) is 40.8 Å². The van der Waals surface area contributed by atoms with Gasteiger partial charge in [-0.3, -0.25) is 4.79 Å². The van der Waals surface area contributed by atoms with Gasteiger partial charge in [-0.25, -0.2) is 4.79 Å². The molecule has 1 heterocycles. The number of rotatable bonds is 4.